The number of hydrogen-bond acceptors (Lipinski definition) is 4. The molecule has 1 aliphatic rings. The number of carbonyl (C=O) groups is 2. The fourth-order valence-corrected chi connectivity index (χ4v) is 3.66. The molecule has 0 saturated carbocycles. The first kappa shape index (κ1) is 15.4. The molecule has 2 amide bonds. The normalized spacial score (nSPS) is 19.4. The van der Waals surface area contributed by atoms with E-state index in [-0.39, 0.29) is 18.4 Å². The summed E-state index contributed by atoms with van der Waals surface area (Å²) in [4.78, 5) is 26.5. The van der Waals surface area contributed by atoms with E-state index in [1.165, 1.54) is 24.2 Å². The Morgan fingerprint density at radius 2 is 2.35 bits per heavy atom. The Balaban J connectivity index is 1.83. The first-order chi connectivity index (χ1) is 9.70. The van der Waals surface area contributed by atoms with E-state index < -0.39 is 0 Å². The number of nitrogens with zero attached hydrogens (tertiary/aromatic N) is 1. The Hall–Kier alpha value is -1.01. The van der Waals surface area contributed by atoms with E-state index in [1.807, 2.05) is 28.1 Å². The van der Waals surface area contributed by atoms with Crippen LogP contribution in [-0.2, 0) is 4.79 Å². The molecule has 0 aromatic carbocycles. The minimum absolute atomic E-state index is 0.0239. The molecule has 0 radical (unpaired) electrons. The van der Waals surface area contributed by atoms with E-state index >= 15 is 0 Å². The van der Waals surface area contributed by atoms with Crippen LogP contribution in [0.5, 0.6) is 0 Å². The zero-order valence-corrected chi connectivity index (χ0v) is 13.3. The summed E-state index contributed by atoms with van der Waals surface area (Å²) in [5.41, 5.74) is 0. The van der Waals surface area contributed by atoms with E-state index in [9.17, 15) is 9.59 Å². The highest BCUT2D eigenvalue weighted by atomic mass is 32.2. The molecule has 1 atom stereocenters. The van der Waals surface area contributed by atoms with Crippen molar-refractivity contribution in [1.29, 1.82) is 0 Å². The van der Waals surface area contributed by atoms with Crippen LogP contribution in [0, 0.1) is 0 Å². The lowest BCUT2D eigenvalue weighted by atomic mass is 10.2. The Bertz CT molecular complexity index is 448. The average Bonchev–Trinajstić information content (AvgIpc) is 2.89. The van der Waals surface area contributed by atoms with Gasteiger partial charge in [-0.2, -0.15) is 11.8 Å². The van der Waals surface area contributed by atoms with E-state index in [1.54, 1.807) is 6.07 Å². The van der Waals surface area contributed by atoms with Crippen molar-refractivity contribution in [3.8, 4) is 0 Å². The summed E-state index contributed by atoms with van der Waals surface area (Å²) in [6, 6.07) is 3.60. The third-order valence-electron chi connectivity index (χ3n) is 3.46. The molecule has 1 aromatic rings. The summed E-state index contributed by atoms with van der Waals surface area (Å²) < 4.78 is 0. The quantitative estimate of drug-likeness (QED) is 0.927. The highest BCUT2D eigenvalue weighted by molar-refractivity contribution is 7.99. The van der Waals surface area contributed by atoms with Crippen LogP contribution in [0.25, 0.3) is 0 Å². The largest absolute Gasteiger partial charge is 0.342 e. The Morgan fingerprint density at radius 3 is 3.05 bits per heavy atom. The number of amides is 2. The third-order valence-corrected chi connectivity index (χ3v) is 5.38. The van der Waals surface area contributed by atoms with Crippen LogP contribution in [0.1, 0.15) is 28.9 Å². The molecule has 0 spiro atoms. The van der Waals surface area contributed by atoms with Crippen molar-refractivity contribution in [1.82, 2.24) is 10.2 Å². The van der Waals surface area contributed by atoms with Crippen LogP contribution < -0.4 is 5.32 Å². The maximum atomic E-state index is 12.2. The first-order valence-corrected chi connectivity index (χ1v) is 8.99. The molecule has 20 heavy (non-hydrogen) atoms. The van der Waals surface area contributed by atoms with Gasteiger partial charge in [0.25, 0.3) is 5.91 Å². The molecule has 2 rings (SSSR count). The fourth-order valence-electron chi connectivity index (χ4n) is 2.28. The van der Waals surface area contributed by atoms with Gasteiger partial charge in [0.1, 0.15) is 0 Å². The Labute approximate surface area is 127 Å². The smallest absolute Gasteiger partial charge is 0.261 e. The first-order valence-electron chi connectivity index (χ1n) is 6.83. The molecule has 6 heteroatoms. The number of thioether (sulfide) groups is 1. The topological polar surface area (TPSA) is 49.4 Å². The van der Waals surface area contributed by atoms with E-state index in [4.69, 9.17) is 0 Å². The minimum Gasteiger partial charge on any atom is -0.342 e. The summed E-state index contributed by atoms with van der Waals surface area (Å²) >= 11 is 3.21. The zero-order chi connectivity index (χ0) is 14.4. The van der Waals surface area contributed by atoms with Crippen molar-refractivity contribution in [2.45, 2.75) is 24.5 Å². The molecule has 1 saturated heterocycles. The van der Waals surface area contributed by atoms with Crippen molar-refractivity contribution in [3.63, 3.8) is 0 Å². The van der Waals surface area contributed by atoms with Gasteiger partial charge in [0.05, 0.1) is 11.4 Å². The van der Waals surface area contributed by atoms with Crippen molar-refractivity contribution >= 4 is 34.9 Å². The summed E-state index contributed by atoms with van der Waals surface area (Å²) in [5, 5.41) is 5.09. The van der Waals surface area contributed by atoms with Gasteiger partial charge in [-0.1, -0.05) is 12.5 Å². The van der Waals surface area contributed by atoms with Gasteiger partial charge in [-0.05, 0) is 30.5 Å². The van der Waals surface area contributed by atoms with Gasteiger partial charge in [-0.25, -0.2) is 0 Å². The molecular weight excluding hydrogens is 292 g/mol. The molecule has 4 nitrogen and oxygen atoms in total. The highest BCUT2D eigenvalue weighted by Crippen LogP contribution is 2.20. The lowest BCUT2D eigenvalue weighted by molar-refractivity contribution is -0.130. The van der Waals surface area contributed by atoms with Gasteiger partial charge in [0, 0.05) is 18.3 Å². The van der Waals surface area contributed by atoms with Crippen molar-refractivity contribution in [2.24, 2.45) is 0 Å². The second-order valence-corrected chi connectivity index (χ2v) is 6.94. The van der Waals surface area contributed by atoms with E-state index in [2.05, 4.69) is 11.6 Å². The zero-order valence-electron chi connectivity index (χ0n) is 11.6. The second-order valence-electron chi connectivity index (χ2n) is 4.85. The van der Waals surface area contributed by atoms with Crippen LogP contribution in [0.2, 0.25) is 0 Å². The van der Waals surface area contributed by atoms with E-state index in [0.29, 0.717) is 10.1 Å². The Morgan fingerprint density at radius 1 is 1.50 bits per heavy atom. The summed E-state index contributed by atoms with van der Waals surface area (Å²) in [7, 11) is 0. The number of hydrogen-bond donors (Lipinski definition) is 1. The predicted molar refractivity (Wildman–Crippen MR) is 84.4 cm³/mol. The highest BCUT2D eigenvalue weighted by Gasteiger charge is 2.21. The summed E-state index contributed by atoms with van der Waals surface area (Å²) in [5.74, 6) is -0.138. The van der Waals surface area contributed by atoms with Crippen molar-refractivity contribution in [3.05, 3.63) is 22.4 Å². The van der Waals surface area contributed by atoms with Crippen molar-refractivity contribution in [2.75, 3.05) is 25.9 Å². The third kappa shape index (κ3) is 4.24. The maximum absolute atomic E-state index is 12.2. The van der Waals surface area contributed by atoms with Gasteiger partial charge in [0.15, 0.2) is 0 Å². The fraction of sp³-hybridized carbons (Fsp3) is 0.571. The number of carbonyl (C=O) groups excluding carboxylic acids is 2. The maximum Gasteiger partial charge on any atom is 0.261 e. The number of nitrogens with one attached hydrogen (secondary N) is 1. The van der Waals surface area contributed by atoms with E-state index in [0.717, 1.165) is 19.5 Å². The van der Waals surface area contributed by atoms with Gasteiger partial charge in [0.2, 0.25) is 5.91 Å². The summed E-state index contributed by atoms with van der Waals surface area (Å²) in [6.07, 6.45) is 5.50. The monoisotopic (exact) mass is 312 g/mol. The van der Waals surface area contributed by atoms with Gasteiger partial charge < -0.3 is 10.2 Å². The van der Waals surface area contributed by atoms with Crippen LogP contribution in [0.3, 0.4) is 0 Å². The lowest BCUT2D eigenvalue weighted by Crippen LogP contribution is -2.42. The summed E-state index contributed by atoms with van der Waals surface area (Å²) in [6.45, 7) is 1.71. The Kier molecular flexibility index (Phi) is 5.91. The molecule has 1 aliphatic heterocycles. The van der Waals surface area contributed by atoms with Crippen LogP contribution in [0.4, 0.5) is 0 Å². The predicted octanol–water partition coefficient (Wildman–Crippen LogP) is 2.22. The molecule has 1 aromatic heterocycles. The number of rotatable bonds is 4. The number of thiophene rings is 1. The molecule has 0 aliphatic carbocycles. The van der Waals surface area contributed by atoms with Gasteiger partial charge in [-0.3, -0.25) is 9.59 Å². The van der Waals surface area contributed by atoms with Gasteiger partial charge in [-0.15, -0.1) is 11.3 Å². The van der Waals surface area contributed by atoms with Crippen molar-refractivity contribution < 1.29 is 9.59 Å². The van der Waals surface area contributed by atoms with Crippen LogP contribution >= 0.6 is 23.1 Å². The molecule has 1 N–H and O–H groups in total. The molecule has 1 unspecified atom stereocenters. The molecule has 1 fully saturated rings. The lowest BCUT2D eigenvalue weighted by Gasteiger charge is -2.23. The molecule has 110 valence electrons. The minimum atomic E-state index is -0.162. The standard InChI is InChI=1S/C14H20N2O2S2/c1-19-11-5-2-3-7-16(10-11)13(17)9-15-14(18)12-6-4-8-20-12/h4,6,8,11H,2-3,5,7,9-10H2,1H3,(H,15,18). The molecule has 0 bridgehead atoms. The second kappa shape index (κ2) is 7.69. The van der Waals surface area contributed by atoms with Crippen LogP contribution in [0.15, 0.2) is 17.5 Å². The average molecular weight is 312 g/mol. The SMILES string of the molecule is CSC1CCCCN(C(=O)CNC(=O)c2cccs2)C1. The number of likely N-dealkylation sites (tertiary alicyclic amines) is 1. The molecule has 2 heterocycles. The van der Waals surface area contributed by atoms with Gasteiger partial charge >= 0.3 is 0 Å². The van der Waals surface area contributed by atoms with Crippen LogP contribution in [-0.4, -0.2) is 47.9 Å². The molecular formula is C14H20N2O2S2.